The number of hydrogen-bond donors (Lipinski definition) is 1. The van der Waals surface area contributed by atoms with Gasteiger partial charge in [-0.1, -0.05) is 12.8 Å². The fourth-order valence-electron chi connectivity index (χ4n) is 2.06. The average molecular weight is 297 g/mol. The molecule has 0 radical (unpaired) electrons. The summed E-state index contributed by atoms with van der Waals surface area (Å²) in [6, 6.07) is 4.52. The lowest BCUT2D eigenvalue weighted by molar-refractivity contribution is 0.450. The van der Waals surface area contributed by atoms with E-state index in [4.69, 9.17) is 5.73 Å². The fraction of sp³-hybridized carbons (Fsp3) is 0.600. The monoisotopic (exact) mass is 295 g/mol. The van der Waals surface area contributed by atoms with Gasteiger partial charge in [-0.15, -0.1) is 23.7 Å². The number of rotatable bonds is 2. The minimum atomic E-state index is 0. The van der Waals surface area contributed by atoms with E-state index >= 15 is 0 Å². The Hall–Kier alpha value is 0.430. The summed E-state index contributed by atoms with van der Waals surface area (Å²) >= 11 is 5.25. The third-order valence-electron chi connectivity index (χ3n) is 2.83. The first-order valence-corrected chi connectivity index (χ1v) is 6.39. The highest BCUT2D eigenvalue weighted by Crippen LogP contribution is 2.37. The van der Waals surface area contributed by atoms with E-state index in [1.165, 1.54) is 34.3 Å². The van der Waals surface area contributed by atoms with Crippen LogP contribution in [0, 0.1) is 5.92 Å². The van der Waals surface area contributed by atoms with Gasteiger partial charge in [0.1, 0.15) is 0 Å². The first-order valence-electron chi connectivity index (χ1n) is 4.78. The Kier molecular flexibility index (Phi) is 4.91. The minimum Gasteiger partial charge on any atom is -0.323 e. The third kappa shape index (κ3) is 2.72. The van der Waals surface area contributed by atoms with E-state index in [1.54, 1.807) is 11.3 Å². The van der Waals surface area contributed by atoms with Gasteiger partial charge in [0.05, 0.1) is 3.79 Å². The van der Waals surface area contributed by atoms with Crippen molar-refractivity contribution in [3.8, 4) is 0 Å². The highest BCUT2D eigenvalue weighted by Gasteiger charge is 2.23. The maximum absolute atomic E-state index is 6.20. The van der Waals surface area contributed by atoms with E-state index < -0.39 is 0 Å². The average Bonchev–Trinajstić information content (AvgIpc) is 2.72. The SMILES string of the molecule is Cl.N[C@H](c1ccc(Br)s1)C1CCCC1. The highest BCUT2D eigenvalue weighted by molar-refractivity contribution is 9.11. The lowest BCUT2D eigenvalue weighted by atomic mass is 9.98. The molecule has 2 rings (SSSR count). The second kappa shape index (κ2) is 5.50. The van der Waals surface area contributed by atoms with Gasteiger partial charge in [0, 0.05) is 10.9 Å². The molecule has 0 aromatic carbocycles. The number of thiophene rings is 1. The van der Waals surface area contributed by atoms with Crippen molar-refractivity contribution in [2.24, 2.45) is 11.7 Å². The first kappa shape index (κ1) is 12.5. The topological polar surface area (TPSA) is 26.0 Å². The van der Waals surface area contributed by atoms with Crippen molar-refractivity contribution in [2.45, 2.75) is 31.7 Å². The van der Waals surface area contributed by atoms with Crippen molar-refractivity contribution in [3.05, 3.63) is 20.8 Å². The molecule has 1 aliphatic rings. The molecule has 1 saturated carbocycles. The van der Waals surface area contributed by atoms with Crippen LogP contribution in [-0.2, 0) is 0 Å². The molecule has 1 aromatic heterocycles. The Morgan fingerprint density at radius 3 is 2.50 bits per heavy atom. The molecule has 1 aliphatic carbocycles. The normalized spacial score (nSPS) is 19.3. The van der Waals surface area contributed by atoms with Gasteiger partial charge < -0.3 is 5.73 Å². The van der Waals surface area contributed by atoms with Crippen molar-refractivity contribution in [2.75, 3.05) is 0 Å². The predicted molar refractivity (Wildman–Crippen MR) is 68.2 cm³/mol. The van der Waals surface area contributed by atoms with Crippen LogP contribution in [-0.4, -0.2) is 0 Å². The molecule has 0 spiro atoms. The van der Waals surface area contributed by atoms with Crippen LogP contribution in [0.4, 0.5) is 0 Å². The van der Waals surface area contributed by atoms with Gasteiger partial charge in [-0.2, -0.15) is 0 Å². The molecule has 1 heterocycles. The second-order valence-electron chi connectivity index (χ2n) is 3.71. The molecule has 0 amide bonds. The summed E-state index contributed by atoms with van der Waals surface area (Å²) in [5, 5.41) is 0. The van der Waals surface area contributed by atoms with Crippen LogP contribution in [0.15, 0.2) is 15.9 Å². The molecule has 1 aromatic rings. The van der Waals surface area contributed by atoms with Crippen LogP contribution >= 0.6 is 39.7 Å². The standard InChI is InChI=1S/C10H14BrNS.ClH/c11-9-6-5-8(13-9)10(12)7-3-1-2-4-7;/h5-7,10H,1-4,12H2;1H/t10-;/m0./s1. The van der Waals surface area contributed by atoms with Gasteiger partial charge in [-0.05, 0) is 46.8 Å². The molecule has 0 aliphatic heterocycles. The van der Waals surface area contributed by atoms with E-state index in [1.807, 2.05) is 0 Å². The molecule has 1 fully saturated rings. The highest BCUT2D eigenvalue weighted by atomic mass is 79.9. The van der Waals surface area contributed by atoms with Gasteiger partial charge >= 0.3 is 0 Å². The zero-order valence-corrected chi connectivity index (χ0v) is 11.1. The largest absolute Gasteiger partial charge is 0.323 e. The fourth-order valence-corrected chi connectivity index (χ4v) is 3.58. The number of halogens is 2. The Balaban J connectivity index is 0.000000980. The molecule has 2 N–H and O–H groups in total. The zero-order chi connectivity index (χ0) is 9.26. The summed E-state index contributed by atoms with van der Waals surface area (Å²) in [6.07, 6.45) is 5.36. The molecule has 4 heteroatoms. The van der Waals surface area contributed by atoms with Crippen LogP contribution in [0.5, 0.6) is 0 Å². The Morgan fingerprint density at radius 2 is 2.00 bits per heavy atom. The Bertz CT molecular complexity index is 283. The number of hydrogen-bond acceptors (Lipinski definition) is 2. The summed E-state index contributed by atoms with van der Waals surface area (Å²) in [5.74, 6) is 0.727. The molecule has 0 saturated heterocycles. The first-order chi connectivity index (χ1) is 6.27. The Morgan fingerprint density at radius 1 is 1.36 bits per heavy atom. The molecular weight excluding hydrogens is 282 g/mol. The summed E-state index contributed by atoms with van der Waals surface area (Å²) in [5.41, 5.74) is 6.20. The van der Waals surface area contributed by atoms with Crippen molar-refractivity contribution < 1.29 is 0 Å². The van der Waals surface area contributed by atoms with Gasteiger partial charge in [-0.25, -0.2) is 0 Å². The summed E-state index contributed by atoms with van der Waals surface area (Å²) in [6.45, 7) is 0. The zero-order valence-electron chi connectivity index (χ0n) is 7.91. The minimum absolute atomic E-state index is 0. The van der Waals surface area contributed by atoms with Crippen LogP contribution in [0.1, 0.15) is 36.6 Å². The van der Waals surface area contributed by atoms with Gasteiger partial charge in [-0.3, -0.25) is 0 Å². The van der Waals surface area contributed by atoms with Crippen LogP contribution in [0.3, 0.4) is 0 Å². The van der Waals surface area contributed by atoms with Crippen molar-refractivity contribution >= 4 is 39.7 Å². The molecule has 1 nitrogen and oxygen atoms in total. The third-order valence-corrected chi connectivity index (χ3v) is 4.56. The van der Waals surface area contributed by atoms with E-state index in [2.05, 4.69) is 28.1 Å². The molecular formula is C10H15BrClNS. The quantitative estimate of drug-likeness (QED) is 0.873. The maximum Gasteiger partial charge on any atom is 0.0701 e. The van der Waals surface area contributed by atoms with Crippen LogP contribution < -0.4 is 5.73 Å². The molecule has 0 unspecified atom stereocenters. The van der Waals surface area contributed by atoms with Crippen molar-refractivity contribution in [3.63, 3.8) is 0 Å². The van der Waals surface area contributed by atoms with Crippen LogP contribution in [0.25, 0.3) is 0 Å². The molecule has 1 atom stereocenters. The second-order valence-corrected chi connectivity index (χ2v) is 6.21. The smallest absolute Gasteiger partial charge is 0.0701 e. The maximum atomic E-state index is 6.20. The van der Waals surface area contributed by atoms with E-state index in [0.29, 0.717) is 0 Å². The van der Waals surface area contributed by atoms with Gasteiger partial charge in [0.2, 0.25) is 0 Å². The van der Waals surface area contributed by atoms with Crippen LogP contribution in [0.2, 0.25) is 0 Å². The van der Waals surface area contributed by atoms with E-state index in [9.17, 15) is 0 Å². The van der Waals surface area contributed by atoms with Gasteiger partial charge in [0.25, 0.3) is 0 Å². The number of nitrogens with two attached hydrogens (primary N) is 1. The lowest BCUT2D eigenvalue weighted by Crippen LogP contribution is -2.17. The molecule has 80 valence electrons. The molecule has 14 heavy (non-hydrogen) atoms. The summed E-state index contributed by atoms with van der Waals surface area (Å²) in [7, 11) is 0. The van der Waals surface area contributed by atoms with Crippen molar-refractivity contribution in [1.29, 1.82) is 0 Å². The van der Waals surface area contributed by atoms with Gasteiger partial charge in [0.15, 0.2) is 0 Å². The Labute approximate surface area is 104 Å². The summed E-state index contributed by atoms with van der Waals surface area (Å²) < 4.78 is 1.19. The van der Waals surface area contributed by atoms with E-state index in [0.717, 1.165) is 5.92 Å². The van der Waals surface area contributed by atoms with Crippen molar-refractivity contribution in [1.82, 2.24) is 0 Å². The summed E-state index contributed by atoms with van der Waals surface area (Å²) in [4.78, 5) is 1.33. The molecule has 0 bridgehead atoms. The van der Waals surface area contributed by atoms with E-state index in [-0.39, 0.29) is 18.4 Å². The lowest BCUT2D eigenvalue weighted by Gasteiger charge is -2.16. The predicted octanol–water partition coefficient (Wildman–Crippen LogP) is 4.12.